The van der Waals surface area contributed by atoms with Crippen LogP contribution >= 0.6 is 0 Å². The smallest absolute Gasteiger partial charge is 0.211 e. The Labute approximate surface area is 223 Å². The Morgan fingerprint density at radius 3 is 2.34 bits per heavy atom. The van der Waals surface area contributed by atoms with E-state index >= 15 is 0 Å². The van der Waals surface area contributed by atoms with Crippen LogP contribution in [0.3, 0.4) is 0 Å². The number of amides is 2. The number of aliphatic hydroxyl groups excluding tert-OH is 1. The summed E-state index contributed by atoms with van der Waals surface area (Å²) >= 11 is 0. The highest BCUT2D eigenvalue weighted by Crippen LogP contribution is 2.32. The van der Waals surface area contributed by atoms with Crippen molar-refractivity contribution < 1.29 is 19.4 Å². The van der Waals surface area contributed by atoms with Crippen molar-refractivity contribution in [3.63, 3.8) is 0 Å². The van der Waals surface area contributed by atoms with Gasteiger partial charge in [-0.15, -0.1) is 0 Å². The highest BCUT2D eigenvalue weighted by Gasteiger charge is 2.09. The fourth-order valence-corrected chi connectivity index (χ4v) is 3.01. The number of aryl methyl sites for hydroxylation is 2. The number of nitrogens with two attached hydrogens (primary N) is 2. The van der Waals surface area contributed by atoms with Gasteiger partial charge in [0.1, 0.15) is 17.3 Å². The van der Waals surface area contributed by atoms with Crippen molar-refractivity contribution in [3.05, 3.63) is 83.8 Å². The van der Waals surface area contributed by atoms with E-state index in [-0.39, 0.29) is 17.7 Å². The standard InChI is InChI=1S/C20H19NO2.C8H15N3O.CH3NO/c1-4-15-5-8-19(13(2)11-15)23-20-9-10-21-18-7-6-16(14(3)22)12-17(18)20;1-8(2,3)11-5-7(4-9)10-6-12;2-1-3/h5-12,22H,3-4H2,1-2H3;4-6H,9H2,1-3H3,(H,10,12);1H,(H2,2,3)/b;7-4+,11-5?;. The first-order valence-corrected chi connectivity index (χ1v) is 11.9. The average molecular weight is 520 g/mol. The third-order valence-corrected chi connectivity index (χ3v) is 4.90. The Hall–Kier alpha value is -4.66. The number of primary amides is 1. The quantitative estimate of drug-likeness (QED) is 0.197. The summed E-state index contributed by atoms with van der Waals surface area (Å²) in [5.41, 5.74) is 13.6. The minimum atomic E-state index is -0.154. The molecule has 9 heteroatoms. The van der Waals surface area contributed by atoms with Gasteiger partial charge in [0.05, 0.1) is 16.8 Å². The van der Waals surface area contributed by atoms with Crippen LogP contribution in [0.5, 0.6) is 11.5 Å². The number of nitrogens with one attached hydrogen (secondary N) is 1. The molecule has 0 atom stereocenters. The molecule has 0 saturated heterocycles. The SMILES string of the molecule is C=C(O)c1ccc2nccc(Oc3ccc(CC)cc3C)c2c1.CC(C)(C)N=C/C(=C\N)NC=O.NC=O. The topological polar surface area (TPSA) is 153 Å². The van der Waals surface area contributed by atoms with Crippen molar-refractivity contribution in [2.75, 3.05) is 0 Å². The predicted octanol–water partition coefficient (Wildman–Crippen LogP) is 4.93. The second kappa shape index (κ2) is 15.5. The van der Waals surface area contributed by atoms with Crippen molar-refractivity contribution >= 4 is 35.7 Å². The molecule has 3 aromatic rings. The number of allylic oxidation sites excluding steroid dienone is 1. The maximum atomic E-state index is 10.0. The number of ether oxygens (including phenoxy) is 1. The molecular formula is C29H37N5O4. The summed E-state index contributed by atoms with van der Waals surface area (Å²) in [6, 6.07) is 13.5. The largest absolute Gasteiger partial charge is 0.508 e. The first-order chi connectivity index (χ1) is 18.0. The Kier molecular flexibility index (Phi) is 12.8. The highest BCUT2D eigenvalue weighted by atomic mass is 16.5. The number of aliphatic hydroxyl groups is 1. The van der Waals surface area contributed by atoms with Crippen molar-refractivity contribution in [3.8, 4) is 11.5 Å². The summed E-state index contributed by atoms with van der Waals surface area (Å²) in [5, 5.41) is 12.9. The van der Waals surface area contributed by atoms with Crippen LogP contribution < -0.4 is 21.5 Å². The average Bonchev–Trinajstić information content (AvgIpc) is 2.88. The molecule has 0 radical (unpaired) electrons. The lowest BCUT2D eigenvalue weighted by Crippen LogP contribution is -2.16. The molecule has 2 aromatic carbocycles. The lowest BCUT2D eigenvalue weighted by Gasteiger charge is -2.12. The molecule has 0 unspecified atom stereocenters. The zero-order chi connectivity index (χ0) is 28.7. The molecule has 1 aromatic heterocycles. The Bertz CT molecular complexity index is 1290. The van der Waals surface area contributed by atoms with Gasteiger partial charge in [0.25, 0.3) is 0 Å². The number of benzene rings is 2. The molecule has 0 bridgehead atoms. The number of hydrogen-bond donors (Lipinski definition) is 4. The molecule has 2 amide bonds. The molecule has 3 rings (SSSR count). The van der Waals surface area contributed by atoms with Crippen LogP contribution in [-0.2, 0) is 16.0 Å². The zero-order valence-electron chi connectivity index (χ0n) is 22.6. The number of hydrogen-bond acceptors (Lipinski definition) is 7. The van der Waals surface area contributed by atoms with Gasteiger partial charge >= 0.3 is 0 Å². The first kappa shape index (κ1) is 31.4. The van der Waals surface area contributed by atoms with E-state index in [1.165, 1.54) is 18.0 Å². The van der Waals surface area contributed by atoms with E-state index in [0.29, 0.717) is 23.4 Å². The normalized spacial score (nSPS) is 11.0. The van der Waals surface area contributed by atoms with Crippen LogP contribution in [0.25, 0.3) is 16.7 Å². The number of carbonyl (C=O) groups is 2. The van der Waals surface area contributed by atoms with E-state index in [2.05, 4.69) is 46.7 Å². The van der Waals surface area contributed by atoms with Gasteiger partial charge in [-0.2, -0.15) is 0 Å². The molecule has 6 N–H and O–H groups in total. The molecule has 1 heterocycles. The van der Waals surface area contributed by atoms with E-state index in [0.717, 1.165) is 28.6 Å². The first-order valence-electron chi connectivity index (χ1n) is 11.9. The summed E-state index contributed by atoms with van der Waals surface area (Å²) < 4.78 is 6.11. The van der Waals surface area contributed by atoms with Crippen molar-refractivity contribution in [2.24, 2.45) is 16.5 Å². The number of carbonyl (C=O) groups excluding carboxylic acids is 2. The van der Waals surface area contributed by atoms with Crippen molar-refractivity contribution in [1.82, 2.24) is 10.3 Å². The molecule has 0 aliphatic carbocycles. The lowest BCUT2D eigenvalue weighted by molar-refractivity contribution is -0.109. The van der Waals surface area contributed by atoms with Gasteiger partial charge < -0.3 is 26.6 Å². The fraction of sp³-hybridized carbons (Fsp3) is 0.241. The summed E-state index contributed by atoms with van der Waals surface area (Å²) in [4.78, 5) is 27.1. The van der Waals surface area contributed by atoms with Crippen LogP contribution in [0.1, 0.15) is 44.4 Å². The van der Waals surface area contributed by atoms with Crippen molar-refractivity contribution in [1.29, 1.82) is 0 Å². The van der Waals surface area contributed by atoms with E-state index in [9.17, 15) is 9.90 Å². The third-order valence-electron chi connectivity index (χ3n) is 4.90. The lowest BCUT2D eigenvalue weighted by atomic mass is 10.1. The summed E-state index contributed by atoms with van der Waals surface area (Å²) in [6.07, 6.45) is 6.37. The molecule has 38 heavy (non-hydrogen) atoms. The number of nitrogens with zero attached hydrogens (tertiary/aromatic N) is 2. The highest BCUT2D eigenvalue weighted by molar-refractivity contribution is 5.87. The second-order valence-electron chi connectivity index (χ2n) is 8.99. The Morgan fingerprint density at radius 1 is 1.13 bits per heavy atom. The van der Waals surface area contributed by atoms with E-state index in [1.54, 1.807) is 12.3 Å². The molecule has 0 aliphatic rings. The maximum absolute atomic E-state index is 10.0. The fourth-order valence-electron chi connectivity index (χ4n) is 3.01. The minimum absolute atomic E-state index is 0.0326. The van der Waals surface area contributed by atoms with Gasteiger partial charge in [-0.25, -0.2) is 0 Å². The predicted molar refractivity (Wildman–Crippen MR) is 154 cm³/mol. The van der Waals surface area contributed by atoms with Crippen LogP contribution in [0.2, 0.25) is 0 Å². The Balaban J connectivity index is 0.000000408. The van der Waals surface area contributed by atoms with E-state index in [4.69, 9.17) is 15.3 Å². The van der Waals surface area contributed by atoms with Crippen molar-refractivity contribution in [2.45, 2.75) is 46.6 Å². The van der Waals surface area contributed by atoms with E-state index in [1.807, 2.05) is 52.0 Å². The molecule has 0 spiro atoms. The molecule has 0 fully saturated rings. The summed E-state index contributed by atoms with van der Waals surface area (Å²) in [6.45, 7) is 13.6. The number of rotatable bonds is 7. The molecule has 0 aliphatic heterocycles. The molecule has 0 saturated carbocycles. The monoisotopic (exact) mass is 519 g/mol. The Morgan fingerprint density at radius 2 is 1.82 bits per heavy atom. The minimum Gasteiger partial charge on any atom is -0.508 e. The van der Waals surface area contributed by atoms with Gasteiger partial charge in [-0.1, -0.05) is 25.6 Å². The number of aliphatic imine (C=N–C) groups is 1. The number of aromatic nitrogens is 1. The second-order valence-corrected chi connectivity index (χ2v) is 8.99. The number of fused-ring (bicyclic) bond motifs is 1. The van der Waals surface area contributed by atoms with Crippen LogP contribution in [0.4, 0.5) is 0 Å². The van der Waals surface area contributed by atoms with Gasteiger partial charge in [0.15, 0.2) is 0 Å². The van der Waals surface area contributed by atoms with Gasteiger partial charge in [0, 0.05) is 29.6 Å². The molecular weight excluding hydrogens is 482 g/mol. The van der Waals surface area contributed by atoms with E-state index < -0.39 is 0 Å². The molecule has 202 valence electrons. The maximum Gasteiger partial charge on any atom is 0.211 e. The van der Waals surface area contributed by atoms with Crippen LogP contribution in [0, 0.1) is 6.92 Å². The van der Waals surface area contributed by atoms with Gasteiger partial charge in [-0.05, 0) is 75.6 Å². The zero-order valence-corrected chi connectivity index (χ0v) is 22.6. The molecule has 9 nitrogen and oxygen atoms in total. The number of pyridine rings is 1. The van der Waals surface area contributed by atoms with Crippen LogP contribution in [0.15, 0.2) is 72.1 Å². The summed E-state index contributed by atoms with van der Waals surface area (Å²) in [7, 11) is 0. The van der Waals surface area contributed by atoms with Gasteiger partial charge in [-0.3, -0.25) is 19.6 Å². The van der Waals surface area contributed by atoms with Crippen LogP contribution in [-0.4, -0.2) is 34.7 Å². The third kappa shape index (κ3) is 10.5. The van der Waals surface area contributed by atoms with Gasteiger partial charge in [0.2, 0.25) is 12.8 Å². The summed E-state index contributed by atoms with van der Waals surface area (Å²) in [5.74, 6) is 1.57.